The van der Waals surface area contributed by atoms with Gasteiger partial charge in [0.1, 0.15) is 5.03 Å². The Morgan fingerprint density at radius 2 is 1.88 bits per heavy atom. The maximum atomic E-state index is 11.0. The molecule has 1 aliphatic heterocycles. The summed E-state index contributed by atoms with van der Waals surface area (Å²) in [5.41, 5.74) is 0. The van der Waals surface area contributed by atoms with Gasteiger partial charge in [-0.1, -0.05) is 35.0 Å². The smallest absolute Gasteiger partial charge is 0.353 e. The van der Waals surface area contributed by atoms with Gasteiger partial charge in [-0.2, -0.15) is 0 Å². The highest BCUT2D eigenvalue weighted by Gasteiger charge is 2.32. The van der Waals surface area contributed by atoms with E-state index in [9.17, 15) is 9.90 Å². The maximum absolute atomic E-state index is 11.0. The summed E-state index contributed by atoms with van der Waals surface area (Å²) in [6.07, 6.45) is -1.28. The minimum Gasteiger partial charge on any atom is -0.427 e. The number of hydrogen-bond donors (Lipinski definition) is 1. The molecule has 0 bridgehead atoms. The molecule has 1 atom stereocenters. The second-order valence-electron chi connectivity index (χ2n) is 2.99. The van der Waals surface area contributed by atoms with E-state index in [0.717, 1.165) is 4.90 Å². The molecule has 16 heavy (non-hydrogen) atoms. The quantitative estimate of drug-likeness (QED) is 0.844. The van der Waals surface area contributed by atoms with E-state index < -0.39 is 12.3 Å². The van der Waals surface area contributed by atoms with Crippen LogP contribution in [0.25, 0.3) is 0 Å². The highest BCUT2D eigenvalue weighted by atomic mass is 35.5. The van der Waals surface area contributed by atoms with Crippen LogP contribution in [-0.2, 0) is 9.53 Å². The summed E-state index contributed by atoms with van der Waals surface area (Å²) in [4.78, 5) is 12.1. The van der Waals surface area contributed by atoms with Gasteiger partial charge < -0.3 is 9.84 Å². The molecular weight excluding hydrogens is 271 g/mol. The van der Waals surface area contributed by atoms with Gasteiger partial charge in [0.25, 0.3) is 0 Å². The minimum atomic E-state index is -1.28. The van der Waals surface area contributed by atoms with Crippen LogP contribution in [0.4, 0.5) is 0 Å². The number of halogens is 2. The molecule has 0 radical (unpaired) electrons. The van der Waals surface area contributed by atoms with Crippen molar-refractivity contribution in [2.24, 2.45) is 0 Å². The number of carbonyl (C=O) groups excluding carboxylic acids is 1. The van der Waals surface area contributed by atoms with Crippen LogP contribution in [0, 0.1) is 0 Å². The van der Waals surface area contributed by atoms with Crippen LogP contribution < -0.4 is 0 Å². The molecule has 3 nitrogen and oxygen atoms in total. The van der Waals surface area contributed by atoms with Gasteiger partial charge in [0, 0.05) is 9.92 Å². The standard InChI is InChI=1S/C10H6Cl2O3S/c11-5-1-3-6(4-2-5)16-8-7(12)9(13)15-10(8)14/h1-4,10,14H/t10-/m1/s1. The van der Waals surface area contributed by atoms with Crippen molar-refractivity contribution in [3.8, 4) is 0 Å². The third-order valence-corrected chi connectivity index (χ3v) is 3.74. The third kappa shape index (κ3) is 2.35. The first-order valence-electron chi connectivity index (χ1n) is 4.30. The van der Waals surface area contributed by atoms with Crippen LogP contribution in [0.3, 0.4) is 0 Å². The zero-order valence-electron chi connectivity index (χ0n) is 7.81. The zero-order chi connectivity index (χ0) is 11.7. The van der Waals surface area contributed by atoms with Gasteiger partial charge >= 0.3 is 5.97 Å². The van der Waals surface area contributed by atoms with Gasteiger partial charge in [-0.05, 0) is 24.3 Å². The van der Waals surface area contributed by atoms with Crippen molar-refractivity contribution in [2.45, 2.75) is 11.2 Å². The number of thioether (sulfide) groups is 1. The number of aliphatic hydroxyl groups excluding tert-OH is 1. The molecular formula is C10H6Cl2O3S. The second-order valence-corrected chi connectivity index (χ2v) is 4.92. The lowest BCUT2D eigenvalue weighted by atomic mass is 10.4. The van der Waals surface area contributed by atoms with Gasteiger partial charge in [-0.25, -0.2) is 4.79 Å². The Labute approximate surface area is 106 Å². The minimum absolute atomic E-state index is 0.0764. The lowest BCUT2D eigenvalue weighted by Gasteiger charge is -2.06. The van der Waals surface area contributed by atoms with E-state index in [0.29, 0.717) is 9.93 Å². The lowest BCUT2D eigenvalue weighted by molar-refractivity contribution is -0.150. The summed E-state index contributed by atoms with van der Waals surface area (Å²) in [6, 6.07) is 6.95. The Morgan fingerprint density at radius 1 is 1.25 bits per heavy atom. The normalized spacial score (nSPS) is 20.2. The number of cyclic esters (lactones) is 1. The van der Waals surface area contributed by atoms with Crippen LogP contribution in [0.5, 0.6) is 0 Å². The van der Waals surface area contributed by atoms with E-state index in [1.807, 2.05) is 0 Å². The SMILES string of the molecule is O=C1O[C@@H](O)C(Sc2ccc(Cl)cc2)=C1Cl. The summed E-state index contributed by atoms with van der Waals surface area (Å²) in [7, 11) is 0. The number of aliphatic hydroxyl groups is 1. The van der Waals surface area contributed by atoms with E-state index in [2.05, 4.69) is 4.74 Å². The van der Waals surface area contributed by atoms with E-state index >= 15 is 0 Å². The average molecular weight is 277 g/mol. The van der Waals surface area contributed by atoms with E-state index in [1.165, 1.54) is 11.8 Å². The number of ether oxygens (including phenoxy) is 1. The number of benzene rings is 1. The molecule has 0 unspecified atom stereocenters. The van der Waals surface area contributed by atoms with Crippen molar-refractivity contribution >= 4 is 40.9 Å². The summed E-state index contributed by atoms with van der Waals surface area (Å²) in [6.45, 7) is 0. The number of esters is 1. The van der Waals surface area contributed by atoms with Crippen molar-refractivity contribution in [1.82, 2.24) is 0 Å². The fraction of sp³-hybridized carbons (Fsp3) is 0.100. The van der Waals surface area contributed by atoms with E-state index in [4.69, 9.17) is 23.2 Å². The largest absolute Gasteiger partial charge is 0.427 e. The Hall–Kier alpha value is -0.680. The predicted octanol–water partition coefficient (Wildman–Crippen LogP) is 2.76. The molecule has 84 valence electrons. The van der Waals surface area contributed by atoms with Gasteiger partial charge in [-0.3, -0.25) is 0 Å². The van der Waals surface area contributed by atoms with Crippen molar-refractivity contribution < 1.29 is 14.6 Å². The first-order chi connectivity index (χ1) is 7.58. The Morgan fingerprint density at radius 3 is 2.38 bits per heavy atom. The van der Waals surface area contributed by atoms with Gasteiger partial charge in [0.05, 0.1) is 4.91 Å². The molecule has 1 N–H and O–H groups in total. The molecule has 1 aromatic rings. The molecule has 0 spiro atoms. The van der Waals surface area contributed by atoms with Crippen LogP contribution in [0.1, 0.15) is 0 Å². The van der Waals surface area contributed by atoms with Gasteiger partial charge in [0.2, 0.25) is 6.29 Å². The molecule has 2 rings (SSSR count). The van der Waals surface area contributed by atoms with Crippen molar-refractivity contribution in [1.29, 1.82) is 0 Å². The molecule has 1 heterocycles. The van der Waals surface area contributed by atoms with E-state index in [1.54, 1.807) is 24.3 Å². The maximum Gasteiger partial charge on any atom is 0.353 e. The lowest BCUT2D eigenvalue weighted by Crippen LogP contribution is -2.08. The highest BCUT2D eigenvalue weighted by Crippen LogP contribution is 2.37. The van der Waals surface area contributed by atoms with Gasteiger partial charge in [0.15, 0.2) is 0 Å². The Kier molecular flexibility index (Phi) is 3.44. The molecule has 1 aliphatic rings. The summed E-state index contributed by atoms with van der Waals surface area (Å²) < 4.78 is 4.55. The van der Waals surface area contributed by atoms with E-state index in [-0.39, 0.29) is 5.03 Å². The van der Waals surface area contributed by atoms with Gasteiger partial charge in [-0.15, -0.1) is 0 Å². The fourth-order valence-electron chi connectivity index (χ4n) is 1.14. The zero-order valence-corrected chi connectivity index (χ0v) is 10.1. The molecule has 0 amide bonds. The topological polar surface area (TPSA) is 46.5 Å². The Bertz CT molecular complexity index is 456. The van der Waals surface area contributed by atoms with Crippen molar-refractivity contribution in [3.05, 3.63) is 39.2 Å². The first kappa shape index (κ1) is 11.8. The molecule has 0 saturated carbocycles. The fourth-order valence-corrected chi connectivity index (χ4v) is 2.37. The highest BCUT2D eigenvalue weighted by molar-refractivity contribution is 8.03. The summed E-state index contributed by atoms with van der Waals surface area (Å²) >= 11 is 12.6. The average Bonchev–Trinajstić information content (AvgIpc) is 2.48. The molecule has 1 aromatic carbocycles. The number of rotatable bonds is 2. The molecule has 0 saturated heterocycles. The van der Waals surface area contributed by atoms with Crippen LogP contribution >= 0.6 is 35.0 Å². The second kappa shape index (κ2) is 4.67. The predicted molar refractivity (Wildman–Crippen MR) is 62.3 cm³/mol. The monoisotopic (exact) mass is 276 g/mol. The molecule has 0 aliphatic carbocycles. The third-order valence-electron chi connectivity index (χ3n) is 1.88. The first-order valence-corrected chi connectivity index (χ1v) is 5.87. The molecule has 0 fully saturated rings. The van der Waals surface area contributed by atoms with Crippen molar-refractivity contribution in [3.63, 3.8) is 0 Å². The van der Waals surface area contributed by atoms with Crippen LogP contribution in [0.15, 0.2) is 39.1 Å². The summed E-state index contributed by atoms with van der Waals surface area (Å²) in [5.74, 6) is -0.703. The number of hydrogen-bond acceptors (Lipinski definition) is 4. The molecule has 0 aromatic heterocycles. The van der Waals surface area contributed by atoms with Crippen LogP contribution in [-0.4, -0.2) is 17.4 Å². The van der Waals surface area contributed by atoms with Crippen LogP contribution in [0.2, 0.25) is 5.02 Å². The summed E-state index contributed by atoms with van der Waals surface area (Å²) in [5, 5.41) is 9.95. The Balaban J connectivity index is 2.22. The number of carbonyl (C=O) groups is 1. The van der Waals surface area contributed by atoms with Crippen molar-refractivity contribution in [2.75, 3.05) is 0 Å². The molecule has 6 heteroatoms.